The van der Waals surface area contributed by atoms with E-state index in [0.29, 0.717) is 11.3 Å². The normalized spacial score (nSPS) is 16.6. The molecule has 126 valence electrons. The van der Waals surface area contributed by atoms with Crippen LogP contribution < -0.4 is 4.74 Å². The summed E-state index contributed by atoms with van der Waals surface area (Å²) in [5, 5.41) is 2.11. The summed E-state index contributed by atoms with van der Waals surface area (Å²) in [7, 11) is 0. The van der Waals surface area contributed by atoms with Gasteiger partial charge >= 0.3 is 0 Å². The van der Waals surface area contributed by atoms with Gasteiger partial charge in [-0.2, -0.15) is 0 Å². The van der Waals surface area contributed by atoms with Gasteiger partial charge in [0.05, 0.1) is 6.04 Å². The number of ketones is 1. The highest BCUT2D eigenvalue weighted by molar-refractivity contribution is 7.10. The molecule has 0 saturated heterocycles. The number of hydrogen-bond acceptors (Lipinski definition) is 4. The van der Waals surface area contributed by atoms with Crippen molar-refractivity contribution in [3.05, 3.63) is 51.7 Å². The molecule has 0 fully saturated rings. The molecule has 2 aromatic rings. The molecule has 0 aliphatic carbocycles. The molecule has 0 spiro atoms. The highest BCUT2D eigenvalue weighted by atomic mass is 32.1. The first-order valence-corrected chi connectivity index (χ1v) is 9.07. The molecular weight excluding hydrogens is 322 g/mol. The minimum Gasteiger partial charge on any atom is -0.484 e. The van der Waals surface area contributed by atoms with Gasteiger partial charge in [-0.25, -0.2) is 0 Å². The van der Waals surface area contributed by atoms with Crippen molar-refractivity contribution in [1.29, 1.82) is 0 Å². The minimum absolute atomic E-state index is 0.00865. The molecule has 1 aromatic heterocycles. The molecule has 0 radical (unpaired) electrons. The molecule has 1 aliphatic rings. The summed E-state index contributed by atoms with van der Waals surface area (Å²) >= 11 is 1.78. The number of carbonyl (C=O) groups is 2. The van der Waals surface area contributed by atoms with Crippen LogP contribution in [0.2, 0.25) is 0 Å². The molecule has 1 aromatic carbocycles. The topological polar surface area (TPSA) is 46.6 Å². The van der Waals surface area contributed by atoms with E-state index in [-0.39, 0.29) is 24.3 Å². The summed E-state index contributed by atoms with van der Waals surface area (Å²) in [6.45, 7) is 4.41. The lowest BCUT2D eigenvalue weighted by atomic mass is 9.98. The Morgan fingerprint density at radius 1 is 1.25 bits per heavy atom. The van der Waals surface area contributed by atoms with Gasteiger partial charge in [-0.1, -0.05) is 6.92 Å². The molecular formula is C19H21NO3S. The van der Waals surface area contributed by atoms with E-state index in [1.54, 1.807) is 35.6 Å². The summed E-state index contributed by atoms with van der Waals surface area (Å²) in [5.74, 6) is 0.632. The fraction of sp³-hybridized carbons (Fsp3) is 0.368. The van der Waals surface area contributed by atoms with Crippen LogP contribution in [0.15, 0.2) is 35.7 Å². The van der Waals surface area contributed by atoms with Gasteiger partial charge in [-0.15, -0.1) is 11.3 Å². The van der Waals surface area contributed by atoms with Crippen molar-refractivity contribution < 1.29 is 14.3 Å². The Balaban J connectivity index is 1.63. The second-order valence-electron chi connectivity index (χ2n) is 5.93. The minimum atomic E-state index is 0.00865. The van der Waals surface area contributed by atoms with Crippen molar-refractivity contribution in [2.45, 2.75) is 32.7 Å². The quantitative estimate of drug-likeness (QED) is 0.774. The fourth-order valence-corrected chi connectivity index (χ4v) is 4.08. The van der Waals surface area contributed by atoms with Crippen molar-refractivity contribution in [1.82, 2.24) is 4.90 Å². The number of hydrogen-bond donors (Lipinski definition) is 0. The maximum Gasteiger partial charge on any atom is 0.261 e. The number of fused-ring (bicyclic) bond motifs is 1. The average Bonchev–Trinajstić information content (AvgIpc) is 3.07. The summed E-state index contributed by atoms with van der Waals surface area (Å²) in [5.41, 5.74) is 1.92. The predicted octanol–water partition coefficient (Wildman–Crippen LogP) is 3.87. The Hall–Kier alpha value is -2.14. The van der Waals surface area contributed by atoms with Crippen molar-refractivity contribution >= 4 is 23.0 Å². The number of rotatable bonds is 5. The van der Waals surface area contributed by atoms with Crippen LogP contribution in [0.1, 0.15) is 47.1 Å². The van der Waals surface area contributed by atoms with Crippen LogP contribution in [-0.2, 0) is 11.2 Å². The lowest BCUT2D eigenvalue weighted by Crippen LogP contribution is -2.41. The van der Waals surface area contributed by atoms with E-state index in [1.807, 2.05) is 4.90 Å². The van der Waals surface area contributed by atoms with Crippen molar-refractivity contribution in [3.63, 3.8) is 0 Å². The first-order chi connectivity index (χ1) is 11.6. The second kappa shape index (κ2) is 7.18. The fourth-order valence-electron chi connectivity index (χ4n) is 3.15. The van der Waals surface area contributed by atoms with E-state index < -0.39 is 0 Å². The highest BCUT2D eigenvalue weighted by Gasteiger charge is 2.30. The van der Waals surface area contributed by atoms with E-state index in [1.165, 1.54) is 17.4 Å². The molecule has 1 aliphatic heterocycles. The molecule has 0 unspecified atom stereocenters. The molecule has 0 N–H and O–H groups in total. The number of carbonyl (C=O) groups excluding carboxylic acids is 2. The van der Waals surface area contributed by atoms with Crippen LogP contribution in [0.5, 0.6) is 5.75 Å². The van der Waals surface area contributed by atoms with Gasteiger partial charge < -0.3 is 9.64 Å². The molecule has 1 amide bonds. The zero-order valence-corrected chi connectivity index (χ0v) is 14.8. The Morgan fingerprint density at radius 3 is 2.67 bits per heavy atom. The Labute approximate surface area is 146 Å². The number of benzene rings is 1. The van der Waals surface area contributed by atoms with E-state index in [9.17, 15) is 9.59 Å². The van der Waals surface area contributed by atoms with Crippen molar-refractivity contribution in [3.8, 4) is 5.75 Å². The summed E-state index contributed by atoms with van der Waals surface area (Å²) in [6.07, 6.45) is 1.82. The van der Waals surface area contributed by atoms with Crippen molar-refractivity contribution in [2.24, 2.45) is 0 Å². The summed E-state index contributed by atoms with van der Waals surface area (Å²) in [4.78, 5) is 27.2. The smallest absolute Gasteiger partial charge is 0.261 e. The molecule has 3 rings (SSSR count). The Kier molecular flexibility index (Phi) is 5.00. The van der Waals surface area contributed by atoms with Crippen LogP contribution in [0.3, 0.4) is 0 Å². The van der Waals surface area contributed by atoms with Gasteiger partial charge in [-0.05, 0) is 61.0 Å². The highest BCUT2D eigenvalue weighted by Crippen LogP contribution is 2.35. The Morgan fingerprint density at radius 2 is 2.00 bits per heavy atom. The average molecular weight is 343 g/mol. The maximum atomic E-state index is 12.6. The van der Waals surface area contributed by atoms with E-state index in [2.05, 4.69) is 18.4 Å². The monoisotopic (exact) mass is 343 g/mol. The third-order valence-electron chi connectivity index (χ3n) is 4.43. The van der Waals surface area contributed by atoms with Crippen LogP contribution in [0, 0.1) is 0 Å². The number of ether oxygens (including phenoxy) is 1. The molecule has 4 nitrogen and oxygen atoms in total. The number of Topliss-reactive ketones (excluding diaryl/α,β-unsaturated/α-hetero) is 1. The number of thiophene rings is 1. The lowest BCUT2D eigenvalue weighted by Gasteiger charge is -2.35. The lowest BCUT2D eigenvalue weighted by molar-refractivity contribution is -0.136. The number of nitrogens with zero attached hydrogens (tertiary/aromatic N) is 1. The van der Waals surface area contributed by atoms with Crippen LogP contribution in [0.25, 0.3) is 0 Å². The third kappa shape index (κ3) is 3.36. The number of amides is 1. The molecule has 2 heterocycles. The van der Waals surface area contributed by atoms with E-state index >= 15 is 0 Å². The molecule has 1 atom stereocenters. The molecule has 0 saturated carbocycles. The summed E-state index contributed by atoms with van der Waals surface area (Å²) in [6, 6.07) is 9.18. The van der Waals surface area contributed by atoms with Gasteiger partial charge in [0.25, 0.3) is 5.91 Å². The summed E-state index contributed by atoms with van der Waals surface area (Å²) < 4.78 is 5.62. The van der Waals surface area contributed by atoms with Crippen LogP contribution >= 0.6 is 11.3 Å². The van der Waals surface area contributed by atoms with Gasteiger partial charge in [0.1, 0.15) is 5.75 Å². The van der Waals surface area contributed by atoms with Crippen molar-refractivity contribution in [2.75, 3.05) is 13.2 Å². The Bertz CT molecular complexity index is 735. The standard InChI is InChI=1S/C19H21NO3S/c1-3-17-16-9-11-24-18(16)8-10-20(17)19(22)12-23-15-6-4-14(5-7-15)13(2)21/h4-7,9,11,17H,3,8,10,12H2,1-2H3/t17-/m1/s1. The van der Waals surface area contributed by atoms with E-state index in [0.717, 1.165) is 19.4 Å². The largest absolute Gasteiger partial charge is 0.484 e. The van der Waals surface area contributed by atoms with E-state index in [4.69, 9.17) is 4.74 Å². The third-order valence-corrected chi connectivity index (χ3v) is 5.42. The predicted molar refractivity (Wildman–Crippen MR) is 94.7 cm³/mol. The SMILES string of the molecule is CC[C@@H]1c2ccsc2CCN1C(=O)COc1ccc(C(C)=O)cc1. The van der Waals surface area contributed by atoms with Gasteiger partial charge in [0.15, 0.2) is 12.4 Å². The van der Waals surface area contributed by atoms with Gasteiger partial charge in [0, 0.05) is 17.0 Å². The van der Waals surface area contributed by atoms with Gasteiger partial charge in [-0.3, -0.25) is 9.59 Å². The molecule has 24 heavy (non-hydrogen) atoms. The van der Waals surface area contributed by atoms with Gasteiger partial charge in [0.2, 0.25) is 0 Å². The zero-order chi connectivity index (χ0) is 17.1. The zero-order valence-electron chi connectivity index (χ0n) is 14.0. The second-order valence-corrected chi connectivity index (χ2v) is 6.93. The molecule has 0 bridgehead atoms. The van der Waals surface area contributed by atoms with Crippen LogP contribution in [-0.4, -0.2) is 29.7 Å². The first-order valence-electron chi connectivity index (χ1n) is 8.19. The molecule has 5 heteroatoms. The van der Waals surface area contributed by atoms with Crippen LogP contribution in [0.4, 0.5) is 0 Å². The maximum absolute atomic E-state index is 12.6. The first kappa shape index (κ1) is 16.7.